The molecule has 0 rings (SSSR count). The van der Waals surface area contributed by atoms with Gasteiger partial charge in [0.15, 0.2) is 5.78 Å². The first-order chi connectivity index (χ1) is 6.94. The molecule has 0 saturated carbocycles. The van der Waals surface area contributed by atoms with Crippen LogP contribution in [-0.4, -0.2) is 23.3 Å². The summed E-state index contributed by atoms with van der Waals surface area (Å²) < 4.78 is 9.81. The molecule has 0 aromatic rings. The zero-order chi connectivity index (χ0) is 11.9. The van der Waals surface area contributed by atoms with Crippen molar-refractivity contribution in [3.63, 3.8) is 0 Å². The maximum atomic E-state index is 11.2. The highest BCUT2D eigenvalue weighted by atomic mass is 32.2. The highest BCUT2D eigenvalue weighted by Gasteiger charge is 2.25. The van der Waals surface area contributed by atoms with Crippen molar-refractivity contribution in [1.29, 1.82) is 0 Å². The molecule has 0 N–H and O–H groups in total. The van der Waals surface area contributed by atoms with Crippen molar-refractivity contribution in [3.8, 4) is 0 Å². The second kappa shape index (κ2) is 6.42. The van der Waals surface area contributed by atoms with Crippen LogP contribution in [0.25, 0.3) is 0 Å². The first-order valence-electron chi connectivity index (χ1n) is 4.20. The van der Waals surface area contributed by atoms with Crippen molar-refractivity contribution < 1.29 is 18.5 Å². The van der Waals surface area contributed by atoms with E-state index < -0.39 is 11.6 Å². The maximum Gasteiger partial charge on any atom is 0.342 e. The van der Waals surface area contributed by atoms with Crippen LogP contribution in [0.3, 0.4) is 0 Å². The minimum absolute atomic E-state index is 0.0756. The van der Waals surface area contributed by atoms with Gasteiger partial charge in [0, 0.05) is 6.08 Å². The van der Waals surface area contributed by atoms with Crippen molar-refractivity contribution in [1.82, 2.24) is 0 Å². The van der Waals surface area contributed by atoms with E-state index in [-0.39, 0.29) is 11.7 Å². The van der Waals surface area contributed by atoms with Gasteiger partial charge >= 0.3 is 5.97 Å². The minimum Gasteiger partial charge on any atom is -0.386 e. The molecule has 0 bridgehead atoms. The molecule has 0 aromatic carbocycles. The molecule has 0 aromatic heterocycles. The van der Waals surface area contributed by atoms with Gasteiger partial charge in [0.2, 0.25) is 0 Å². The van der Waals surface area contributed by atoms with Gasteiger partial charge in [-0.25, -0.2) is 4.79 Å². The minimum atomic E-state index is -0.949. The third-order valence-electron chi connectivity index (χ3n) is 1.55. The molecule has 0 atom stereocenters. The smallest absolute Gasteiger partial charge is 0.342 e. The fourth-order valence-electron chi connectivity index (χ4n) is 0.604. The Hall–Kier alpha value is -1.07. The van der Waals surface area contributed by atoms with Crippen LogP contribution in [-0.2, 0) is 18.5 Å². The molecule has 0 saturated heterocycles. The molecule has 5 heteroatoms. The zero-order valence-corrected chi connectivity index (χ0v) is 9.63. The Bertz CT molecular complexity index is 271. The number of carbonyl (C=O) groups is 2. The van der Waals surface area contributed by atoms with Crippen LogP contribution in [0.15, 0.2) is 25.3 Å². The van der Waals surface area contributed by atoms with Gasteiger partial charge in [-0.2, -0.15) is 0 Å². The molecular formula is C10H14O4S. The highest BCUT2D eigenvalue weighted by Crippen LogP contribution is 2.15. The molecule has 0 aliphatic rings. The molecule has 0 radical (unpaired) electrons. The van der Waals surface area contributed by atoms with Gasteiger partial charge < -0.3 is 8.92 Å². The lowest BCUT2D eigenvalue weighted by Gasteiger charge is -2.21. The Kier molecular flexibility index (Phi) is 5.96. The van der Waals surface area contributed by atoms with Crippen LogP contribution in [0.2, 0.25) is 0 Å². The summed E-state index contributed by atoms with van der Waals surface area (Å²) in [4.78, 5) is 21.9. The van der Waals surface area contributed by atoms with E-state index in [2.05, 4.69) is 17.3 Å². The summed E-state index contributed by atoms with van der Waals surface area (Å²) in [5, 5.41) is 0. The number of hydrogen-bond acceptors (Lipinski definition) is 5. The summed E-state index contributed by atoms with van der Waals surface area (Å²) in [5.74, 6) is -0.693. The molecule has 0 aliphatic carbocycles. The van der Waals surface area contributed by atoms with Crippen molar-refractivity contribution in [2.45, 2.75) is 19.4 Å². The summed E-state index contributed by atoms with van der Waals surface area (Å²) in [7, 11) is 0. The average Bonchev–Trinajstić information content (AvgIpc) is 2.22. The third-order valence-corrected chi connectivity index (χ3v) is 2.05. The highest BCUT2D eigenvalue weighted by molar-refractivity contribution is 7.94. The largest absolute Gasteiger partial charge is 0.386 e. The van der Waals surface area contributed by atoms with Crippen LogP contribution < -0.4 is 0 Å². The van der Waals surface area contributed by atoms with Crippen LogP contribution in [0, 0.1) is 0 Å². The van der Waals surface area contributed by atoms with Gasteiger partial charge in [-0.3, -0.25) is 4.79 Å². The molecule has 0 fully saturated rings. The fraction of sp³-hybridized carbons (Fsp3) is 0.400. The van der Waals surface area contributed by atoms with Gasteiger partial charge in [0.1, 0.15) is 11.5 Å². The third kappa shape index (κ3) is 5.39. The lowest BCUT2D eigenvalue weighted by molar-refractivity contribution is -0.132. The van der Waals surface area contributed by atoms with Gasteiger partial charge in [-0.1, -0.05) is 13.2 Å². The SMILES string of the molecule is C=CC(=O)OSCOC(C)(C)C(=O)C=C. The van der Waals surface area contributed by atoms with Crippen molar-refractivity contribution in [2.75, 3.05) is 5.94 Å². The Labute approximate surface area is 93.5 Å². The molecule has 15 heavy (non-hydrogen) atoms. The molecule has 0 unspecified atom stereocenters. The Morgan fingerprint density at radius 2 is 1.93 bits per heavy atom. The number of ketones is 1. The van der Waals surface area contributed by atoms with Gasteiger partial charge in [0.25, 0.3) is 0 Å². The lowest BCUT2D eigenvalue weighted by atomic mass is 10.0. The lowest BCUT2D eigenvalue weighted by Crippen LogP contribution is -2.33. The predicted molar refractivity (Wildman–Crippen MR) is 59.1 cm³/mol. The van der Waals surface area contributed by atoms with Crippen LogP contribution >= 0.6 is 12.0 Å². The molecule has 0 spiro atoms. The van der Waals surface area contributed by atoms with Crippen molar-refractivity contribution in [2.24, 2.45) is 0 Å². The van der Waals surface area contributed by atoms with E-state index in [0.717, 1.165) is 18.1 Å². The molecule has 4 nitrogen and oxygen atoms in total. The average molecular weight is 230 g/mol. The van der Waals surface area contributed by atoms with E-state index in [9.17, 15) is 9.59 Å². The van der Waals surface area contributed by atoms with E-state index in [1.54, 1.807) is 13.8 Å². The van der Waals surface area contributed by atoms with Crippen molar-refractivity contribution in [3.05, 3.63) is 25.3 Å². The summed E-state index contributed by atoms with van der Waals surface area (Å²) in [6.07, 6.45) is 2.24. The van der Waals surface area contributed by atoms with Crippen molar-refractivity contribution >= 4 is 23.8 Å². The van der Waals surface area contributed by atoms with Crippen LogP contribution in [0.1, 0.15) is 13.8 Å². The predicted octanol–water partition coefficient (Wildman–Crippen LogP) is 1.87. The first-order valence-corrected chi connectivity index (χ1v) is 5.12. The number of rotatable bonds is 7. The van der Waals surface area contributed by atoms with Crippen LogP contribution in [0.4, 0.5) is 0 Å². The second-order valence-corrected chi connectivity index (χ2v) is 3.70. The van der Waals surface area contributed by atoms with E-state index in [0.29, 0.717) is 0 Å². The zero-order valence-electron chi connectivity index (χ0n) is 8.82. The summed E-state index contributed by atoms with van der Waals surface area (Å²) in [6.45, 7) is 9.83. The first kappa shape index (κ1) is 13.9. The summed E-state index contributed by atoms with van der Waals surface area (Å²) >= 11 is 0.811. The van der Waals surface area contributed by atoms with E-state index in [1.807, 2.05) is 0 Å². The van der Waals surface area contributed by atoms with E-state index in [4.69, 9.17) is 4.74 Å². The number of carbonyl (C=O) groups excluding carboxylic acids is 2. The quantitative estimate of drug-likeness (QED) is 0.289. The van der Waals surface area contributed by atoms with Gasteiger partial charge in [-0.15, -0.1) is 0 Å². The van der Waals surface area contributed by atoms with Gasteiger partial charge in [-0.05, 0) is 19.9 Å². The number of hydrogen-bond donors (Lipinski definition) is 0. The van der Waals surface area contributed by atoms with Gasteiger partial charge in [0.05, 0.1) is 12.0 Å². The Morgan fingerprint density at radius 3 is 2.40 bits per heavy atom. The number of ether oxygens (including phenoxy) is 1. The molecule has 0 aliphatic heterocycles. The van der Waals surface area contributed by atoms with E-state index in [1.165, 1.54) is 6.08 Å². The second-order valence-electron chi connectivity index (χ2n) is 3.07. The molecule has 84 valence electrons. The monoisotopic (exact) mass is 230 g/mol. The Morgan fingerprint density at radius 1 is 1.33 bits per heavy atom. The molecular weight excluding hydrogens is 216 g/mol. The topological polar surface area (TPSA) is 52.6 Å². The van der Waals surface area contributed by atoms with E-state index >= 15 is 0 Å². The Balaban J connectivity index is 3.85. The summed E-state index contributed by atoms with van der Waals surface area (Å²) in [5.41, 5.74) is -0.949. The fourth-order valence-corrected chi connectivity index (χ4v) is 1.18. The van der Waals surface area contributed by atoms with Crippen LogP contribution in [0.5, 0.6) is 0 Å². The molecule has 0 heterocycles. The molecule has 0 amide bonds. The summed E-state index contributed by atoms with van der Waals surface area (Å²) in [6, 6.07) is 0. The standard InChI is InChI=1S/C10H14O4S/c1-5-8(11)10(3,4)13-7-15-14-9(12)6-2/h5-6H,1-2,7H2,3-4H3. The normalized spacial score (nSPS) is 10.5. The maximum absolute atomic E-state index is 11.2.